The first-order valence-corrected chi connectivity index (χ1v) is 9.02. The topological polar surface area (TPSA) is 66.0 Å². The highest BCUT2D eigenvalue weighted by Gasteiger charge is 2.58. The maximum absolute atomic E-state index is 11.9. The number of likely N-dealkylation sites (N-methyl/N-ethyl adjacent to an activating group) is 1. The van der Waals surface area contributed by atoms with Crippen molar-refractivity contribution in [2.24, 2.45) is 10.4 Å². The number of guanidine groups is 1. The lowest BCUT2D eigenvalue weighted by atomic mass is 9.56. The summed E-state index contributed by atoms with van der Waals surface area (Å²) in [6, 6.07) is 0.743. The fourth-order valence-electron chi connectivity index (χ4n) is 3.57. The molecule has 2 unspecified atom stereocenters. The van der Waals surface area contributed by atoms with E-state index in [9.17, 15) is 4.79 Å². The van der Waals surface area contributed by atoms with Gasteiger partial charge in [0.2, 0.25) is 5.91 Å². The molecule has 2 atom stereocenters. The van der Waals surface area contributed by atoms with Crippen LogP contribution < -0.4 is 10.6 Å². The number of carbonyl (C=O) groups is 1. The number of carbonyl (C=O) groups excluding carboxylic acids is 1. The van der Waals surface area contributed by atoms with Gasteiger partial charge in [-0.3, -0.25) is 4.79 Å². The van der Waals surface area contributed by atoms with E-state index in [1.54, 1.807) is 26.1 Å². The lowest BCUT2D eigenvalue weighted by molar-refractivity contribution is -0.176. The molecule has 6 nitrogen and oxygen atoms in total. The summed E-state index contributed by atoms with van der Waals surface area (Å²) in [5, 5.41) is 7.06. The van der Waals surface area contributed by atoms with E-state index in [2.05, 4.69) is 36.4 Å². The third kappa shape index (κ3) is 4.99. The summed E-state index contributed by atoms with van der Waals surface area (Å²) in [5.74, 6) is 0.769. The molecule has 0 aromatic carbocycles. The minimum atomic E-state index is -0.122. The first-order chi connectivity index (χ1) is 11.2. The number of rotatable bonds is 5. The van der Waals surface area contributed by atoms with Gasteiger partial charge in [-0.15, -0.1) is 24.0 Å². The van der Waals surface area contributed by atoms with E-state index in [4.69, 9.17) is 4.74 Å². The van der Waals surface area contributed by atoms with E-state index >= 15 is 0 Å². The predicted molar refractivity (Wildman–Crippen MR) is 113 cm³/mol. The molecule has 25 heavy (non-hydrogen) atoms. The van der Waals surface area contributed by atoms with Crippen LogP contribution in [0.5, 0.6) is 0 Å². The molecule has 2 rings (SSSR count). The quantitative estimate of drug-likeness (QED) is 0.371. The van der Waals surface area contributed by atoms with Gasteiger partial charge >= 0.3 is 0 Å². The number of amides is 1. The molecule has 0 aromatic heterocycles. The largest absolute Gasteiger partial charge is 0.378 e. The zero-order chi connectivity index (χ0) is 18.0. The Bertz CT molecular complexity index is 489. The molecule has 0 spiro atoms. The number of aliphatic imine (C=N–C) groups is 1. The average molecular weight is 466 g/mol. The van der Waals surface area contributed by atoms with E-state index in [0.717, 1.165) is 12.4 Å². The smallest absolute Gasteiger partial charge is 0.243 e. The maximum Gasteiger partial charge on any atom is 0.243 e. The summed E-state index contributed by atoms with van der Waals surface area (Å²) in [4.78, 5) is 18.0. The van der Waals surface area contributed by atoms with Crippen molar-refractivity contribution in [1.29, 1.82) is 0 Å². The molecule has 0 aliphatic heterocycles. The number of hydrogen-bond acceptors (Lipinski definition) is 3. The summed E-state index contributed by atoms with van der Waals surface area (Å²) < 4.78 is 5.70. The highest BCUT2D eigenvalue weighted by molar-refractivity contribution is 14.0. The zero-order valence-electron chi connectivity index (χ0n) is 16.5. The third-order valence-electron chi connectivity index (χ3n) is 6.16. The Hall–Kier alpha value is -0.570. The van der Waals surface area contributed by atoms with Crippen molar-refractivity contribution in [3.8, 4) is 0 Å². The van der Waals surface area contributed by atoms with Gasteiger partial charge in [0.05, 0.1) is 5.60 Å². The van der Waals surface area contributed by atoms with Gasteiger partial charge in [-0.2, -0.15) is 0 Å². The Morgan fingerprint density at radius 3 is 2.28 bits per heavy atom. The molecule has 146 valence electrons. The van der Waals surface area contributed by atoms with Gasteiger partial charge in [0.25, 0.3) is 0 Å². The molecule has 2 N–H and O–H groups in total. The molecule has 0 bridgehead atoms. The summed E-state index contributed by atoms with van der Waals surface area (Å²) in [6.45, 7) is 6.76. The number of hydrogen-bond donors (Lipinski definition) is 2. The van der Waals surface area contributed by atoms with Crippen molar-refractivity contribution < 1.29 is 9.53 Å². The molecule has 2 aliphatic carbocycles. The van der Waals surface area contributed by atoms with Crippen LogP contribution >= 0.6 is 24.0 Å². The van der Waals surface area contributed by atoms with Crippen LogP contribution in [0.3, 0.4) is 0 Å². The molecule has 1 amide bonds. The van der Waals surface area contributed by atoms with Crippen molar-refractivity contribution in [2.75, 3.05) is 27.7 Å². The second-order valence-electron chi connectivity index (χ2n) is 8.14. The fraction of sp³-hybridized carbons (Fsp3) is 0.889. The SMILES string of the molecule is COC1(C)CC(NC(=NCC(=O)N(C)C)NC2CCCC2)C1(C)C.I. The van der Waals surface area contributed by atoms with Crippen molar-refractivity contribution in [1.82, 2.24) is 15.5 Å². The maximum atomic E-state index is 11.9. The van der Waals surface area contributed by atoms with E-state index in [0.29, 0.717) is 6.04 Å². The molecule has 2 fully saturated rings. The Labute approximate surface area is 169 Å². The van der Waals surface area contributed by atoms with Crippen LogP contribution in [0.4, 0.5) is 0 Å². The van der Waals surface area contributed by atoms with E-state index in [1.165, 1.54) is 25.7 Å². The Kier molecular flexibility index (Phi) is 7.98. The Balaban J connectivity index is 0.00000312. The van der Waals surface area contributed by atoms with Gasteiger partial charge in [0.1, 0.15) is 6.54 Å². The molecule has 0 heterocycles. The van der Waals surface area contributed by atoms with Crippen LogP contribution in [0.15, 0.2) is 4.99 Å². The predicted octanol–water partition coefficient (Wildman–Crippen LogP) is 2.37. The Morgan fingerprint density at radius 2 is 1.80 bits per heavy atom. The van der Waals surface area contributed by atoms with Crippen LogP contribution in [-0.4, -0.2) is 62.2 Å². The lowest BCUT2D eigenvalue weighted by Gasteiger charge is -2.59. The van der Waals surface area contributed by atoms with Gasteiger partial charge in [-0.05, 0) is 26.2 Å². The summed E-state index contributed by atoms with van der Waals surface area (Å²) in [7, 11) is 5.29. The molecule has 0 radical (unpaired) electrons. The lowest BCUT2D eigenvalue weighted by Crippen LogP contribution is -2.69. The number of nitrogens with zero attached hydrogens (tertiary/aromatic N) is 2. The minimum absolute atomic E-state index is 0. The highest BCUT2D eigenvalue weighted by atomic mass is 127. The molecular weight excluding hydrogens is 431 g/mol. The van der Waals surface area contributed by atoms with E-state index in [-0.39, 0.29) is 53.5 Å². The molecule has 2 saturated carbocycles. The monoisotopic (exact) mass is 466 g/mol. The number of halogens is 1. The molecule has 2 aliphatic rings. The van der Waals surface area contributed by atoms with Gasteiger partial charge in [0.15, 0.2) is 5.96 Å². The number of ether oxygens (including phenoxy) is 1. The van der Waals surface area contributed by atoms with Crippen LogP contribution in [0.25, 0.3) is 0 Å². The van der Waals surface area contributed by atoms with Gasteiger partial charge in [0, 0.05) is 38.7 Å². The van der Waals surface area contributed by atoms with Crippen LogP contribution in [0.1, 0.15) is 52.9 Å². The minimum Gasteiger partial charge on any atom is -0.378 e. The highest BCUT2D eigenvalue weighted by Crippen LogP contribution is 2.51. The summed E-state index contributed by atoms with van der Waals surface area (Å²) >= 11 is 0. The van der Waals surface area contributed by atoms with Crippen molar-refractivity contribution in [2.45, 2.75) is 70.6 Å². The summed E-state index contributed by atoms with van der Waals surface area (Å²) in [6.07, 6.45) is 5.80. The van der Waals surface area contributed by atoms with Gasteiger partial charge in [-0.1, -0.05) is 26.7 Å². The third-order valence-corrected chi connectivity index (χ3v) is 6.16. The molecule has 0 aromatic rings. The molecule has 7 heteroatoms. The van der Waals surface area contributed by atoms with Crippen LogP contribution in [0, 0.1) is 5.41 Å². The fourth-order valence-corrected chi connectivity index (χ4v) is 3.57. The molecule has 0 saturated heterocycles. The second kappa shape index (κ2) is 8.88. The van der Waals surface area contributed by atoms with E-state index < -0.39 is 0 Å². The van der Waals surface area contributed by atoms with Crippen molar-refractivity contribution in [3.63, 3.8) is 0 Å². The van der Waals surface area contributed by atoms with E-state index in [1.807, 2.05) is 0 Å². The number of nitrogens with one attached hydrogen (secondary N) is 2. The zero-order valence-corrected chi connectivity index (χ0v) is 18.8. The van der Waals surface area contributed by atoms with Crippen molar-refractivity contribution in [3.05, 3.63) is 0 Å². The summed E-state index contributed by atoms with van der Waals surface area (Å²) in [5.41, 5.74) is -0.117. The number of methoxy groups -OCH3 is 1. The average Bonchev–Trinajstić information content (AvgIpc) is 3.04. The standard InChI is InChI=1S/C18H34N4O2.HI/c1-17(2)14(11-18(17,3)24-6)21-16(19-12-15(23)22(4)5)20-13-9-7-8-10-13;/h13-14H,7-12H2,1-6H3,(H2,19,20,21);1H. The van der Waals surface area contributed by atoms with Gasteiger partial charge in [-0.25, -0.2) is 4.99 Å². The Morgan fingerprint density at radius 1 is 1.20 bits per heavy atom. The normalized spacial score (nSPS) is 28.7. The van der Waals surface area contributed by atoms with Crippen LogP contribution in [0.2, 0.25) is 0 Å². The second-order valence-corrected chi connectivity index (χ2v) is 8.14. The van der Waals surface area contributed by atoms with Crippen molar-refractivity contribution >= 4 is 35.8 Å². The van der Waals surface area contributed by atoms with Crippen LogP contribution in [-0.2, 0) is 9.53 Å². The first kappa shape index (κ1) is 22.5. The van der Waals surface area contributed by atoms with Gasteiger partial charge < -0.3 is 20.3 Å². The first-order valence-electron chi connectivity index (χ1n) is 9.02. The molecular formula is C18H35IN4O2.